The number of tetrazole rings is 1. The minimum Gasteiger partial charge on any atom is -0.321 e. The molecule has 182 valence electrons. The van der Waals surface area contributed by atoms with Gasteiger partial charge in [0.05, 0.1) is 11.6 Å². The van der Waals surface area contributed by atoms with Crippen molar-refractivity contribution in [1.29, 1.82) is 0 Å². The first-order valence-electron chi connectivity index (χ1n) is 12.9. The molecule has 1 N–H and O–H groups in total. The lowest BCUT2D eigenvalue weighted by atomic mass is 9.95. The summed E-state index contributed by atoms with van der Waals surface area (Å²) < 4.78 is 2.04. The number of H-pyrrole nitrogens is 1. The zero-order valence-corrected chi connectivity index (χ0v) is 20.8. The largest absolute Gasteiger partial charge is 0.321 e. The van der Waals surface area contributed by atoms with Gasteiger partial charge in [-0.05, 0) is 73.2 Å². The first-order chi connectivity index (χ1) is 16.5. The van der Waals surface area contributed by atoms with Gasteiger partial charge < -0.3 is 9.88 Å². The zero-order chi connectivity index (χ0) is 23.7. The van der Waals surface area contributed by atoms with Crippen molar-refractivity contribution in [3.63, 3.8) is 0 Å². The average molecular weight is 464 g/mol. The van der Waals surface area contributed by atoms with Gasteiger partial charge in [-0.3, -0.25) is 9.69 Å². The summed E-state index contributed by atoms with van der Waals surface area (Å²) in [5.74, 6) is 0.810. The molecule has 8 heteroatoms. The fourth-order valence-corrected chi connectivity index (χ4v) is 5.93. The van der Waals surface area contributed by atoms with Gasteiger partial charge >= 0.3 is 0 Å². The van der Waals surface area contributed by atoms with E-state index in [2.05, 4.69) is 69.3 Å². The molecule has 1 saturated heterocycles. The molecule has 2 aliphatic rings. The minimum absolute atomic E-state index is 0.0429. The molecule has 8 nitrogen and oxygen atoms in total. The van der Waals surface area contributed by atoms with E-state index in [0.29, 0.717) is 6.04 Å². The Bertz CT molecular complexity index is 1190. The highest BCUT2D eigenvalue weighted by atomic mass is 16.1. The summed E-state index contributed by atoms with van der Waals surface area (Å²) in [6, 6.07) is 6.41. The molecule has 5 rings (SSSR count). The topological polar surface area (TPSA) is 82.9 Å². The summed E-state index contributed by atoms with van der Waals surface area (Å²) in [7, 11) is 0. The van der Waals surface area contributed by atoms with E-state index in [4.69, 9.17) is 0 Å². The second kappa shape index (κ2) is 9.96. The molecule has 0 unspecified atom stereocenters. The number of pyridine rings is 1. The molecule has 3 heterocycles. The second-order valence-electron chi connectivity index (χ2n) is 10.2. The molecule has 2 aromatic heterocycles. The van der Waals surface area contributed by atoms with Crippen LogP contribution in [0.3, 0.4) is 0 Å². The number of aromatic nitrogens is 5. The highest BCUT2D eigenvalue weighted by Gasteiger charge is 2.34. The van der Waals surface area contributed by atoms with Gasteiger partial charge in [-0.25, -0.2) is 4.68 Å². The lowest BCUT2D eigenvalue weighted by molar-refractivity contribution is 0.103. The number of benzene rings is 1. The Morgan fingerprint density at radius 3 is 2.56 bits per heavy atom. The van der Waals surface area contributed by atoms with E-state index < -0.39 is 0 Å². The third-order valence-corrected chi connectivity index (χ3v) is 7.61. The van der Waals surface area contributed by atoms with E-state index in [-0.39, 0.29) is 11.6 Å². The maximum Gasteiger partial charge on any atom is 0.253 e. The normalized spacial score (nSPS) is 19.6. The number of nitrogens with zero attached hydrogens (tertiary/aromatic N) is 6. The van der Waals surface area contributed by atoms with Crippen molar-refractivity contribution in [2.45, 2.75) is 71.4 Å². The van der Waals surface area contributed by atoms with Crippen LogP contribution in [0.5, 0.6) is 0 Å². The van der Waals surface area contributed by atoms with E-state index in [1.54, 1.807) is 0 Å². The SMILES string of the molecule is CCCN1CCN([C@@H](c2cc3cc(C)cc(C)c3[nH]c2=O)c2nnnn2C2CCCCC2)CC1. The van der Waals surface area contributed by atoms with E-state index in [1.807, 2.05) is 4.68 Å². The van der Waals surface area contributed by atoms with Crippen molar-refractivity contribution in [2.24, 2.45) is 0 Å². The molecule has 0 spiro atoms. The van der Waals surface area contributed by atoms with Gasteiger partial charge in [0, 0.05) is 31.7 Å². The Labute approximate surface area is 201 Å². The third-order valence-electron chi connectivity index (χ3n) is 7.61. The number of nitrogens with one attached hydrogen (secondary N) is 1. The Morgan fingerprint density at radius 1 is 1.06 bits per heavy atom. The van der Waals surface area contributed by atoms with E-state index in [0.717, 1.165) is 79.8 Å². The maximum absolute atomic E-state index is 13.5. The number of rotatable bonds is 6. The van der Waals surface area contributed by atoms with Crippen LogP contribution in [0.1, 0.15) is 80.0 Å². The van der Waals surface area contributed by atoms with Crippen LogP contribution in [0.25, 0.3) is 10.9 Å². The van der Waals surface area contributed by atoms with Crippen molar-refractivity contribution < 1.29 is 0 Å². The second-order valence-corrected chi connectivity index (χ2v) is 10.2. The van der Waals surface area contributed by atoms with Gasteiger partial charge in [0.2, 0.25) is 0 Å². The lowest BCUT2D eigenvalue weighted by Crippen LogP contribution is -2.49. The van der Waals surface area contributed by atoms with E-state index >= 15 is 0 Å². The van der Waals surface area contributed by atoms with Crippen LogP contribution >= 0.6 is 0 Å². The fourth-order valence-electron chi connectivity index (χ4n) is 5.93. The summed E-state index contributed by atoms with van der Waals surface area (Å²) in [5, 5.41) is 14.2. The van der Waals surface area contributed by atoms with Crippen molar-refractivity contribution >= 4 is 10.9 Å². The lowest BCUT2D eigenvalue weighted by Gasteiger charge is -2.39. The van der Waals surface area contributed by atoms with Gasteiger partial charge in [-0.1, -0.05) is 37.8 Å². The van der Waals surface area contributed by atoms with E-state index in [9.17, 15) is 4.79 Å². The minimum atomic E-state index is -0.255. The van der Waals surface area contributed by atoms with Crippen LogP contribution < -0.4 is 5.56 Å². The number of piperazine rings is 1. The number of aryl methyl sites for hydroxylation is 2. The van der Waals surface area contributed by atoms with Crippen LogP contribution in [0, 0.1) is 13.8 Å². The zero-order valence-electron chi connectivity index (χ0n) is 20.8. The molecule has 0 amide bonds. The Hall–Kier alpha value is -2.58. The molecule has 1 atom stereocenters. The Balaban J connectivity index is 1.59. The van der Waals surface area contributed by atoms with Crippen LogP contribution in [0.15, 0.2) is 23.0 Å². The van der Waals surface area contributed by atoms with Crippen LogP contribution in [-0.2, 0) is 0 Å². The fraction of sp³-hybridized carbons (Fsp3) is 0.615. The molecule has 1 aliphatic carbocycles. The molecule has 1 aliphatic heterocycles. The maximum atomic E-state index is 13.5. The summed E-state index contributed by atoms with van der Waals surface area (Å²) in [6.45, 7) is 11.3. The molecule has 1 saturated carbocycles. The molecule has 3 aromatic rings. The summed E-state index contributed by atoms with van der Waals surface area (Å²) in [6.07, 6.45) is 7.05. The summed E-state index contributed by atoms with van der Waals surface area (Å²) >= 11 is 0. The van der Waals surface area contributed by atoms with Gasteiger partial charge in [-0.2, -0.15) is 0 Å². The molecular weight excluding hydrogens is 426 g/mol. The van der Waals surface area contributed by atoms with Gasteiger partial charge in [0.1, 0.15) is 6.04 Å². The van der Waals surface area contributed by atoms with Crippen LogP contribution in [-0.4, -0.2) is 67.7 Å². The van der Waals surface area contributed by atoms with Gasteiger partial charge in [0.25, 0.3) is 5.56 Å². The smallest absolute Gasteiger partial charge is 0.253 e. The third kappa shape index (κ3) is 4.53. The monoisotopic (exact) mass is 463 g/mol. The predicted octanol–water partition coefficient (Wildman–Crippen LogP) is 3.75. The molecule has 2 fully saturated rings. The Kier molecular flexibility index (Phi) is 6.79. The summed E-state index contributed by atoms with van der Waals surface area (Å²) in [5.41, 5.74) is 3.90. The van der Waals surface area contributed by atoms with Crippen molar-refractivity contribution in [3.8, 4) is 0 Å². The summed E-state index contributed by atoms with van der Waals surface area (Å²) in [4.78, 5) is 21.6. The van der Waals surface area contributed by atoms with Crippen LogP contribution in [0.4, 0.5) is 0 Å². The first-order valence-corrected chi connectivity index (χ1v) is 12.9. The van der Waals surface area contributed by atoms with Crippen molar-refractivity contribution in [3.05, 3.63) is 51.1 Å². The first kappa shape index (κ1) is 23.2. The van der Waals surface area contributed by atoms with Crippen molar-refractivity contribution in [2.75, 3.05) is 32.7 Å². The molecule has 34 heavy (non-hydrogen) atoms. The number of hydrogen-bond acceptors (Lipinski definition) is 6. The predicted molar refractivity (Wildman–Crippen MR) is 134 cm³/mol. The number of aromatic amines is 1. The quantitative estimate of drug-likeness (QED) is 0.599. The molecule has 1 aromatic carbocycles. The Morgan fingerprint density at radius 2 is 1.82 bits per heavy atom. The molecular formula is C26H37N7O. The van der Waals surface area contributed by atoms with Gasteiger partial charge in [0.15, 0.2) is 5.82 Å². The average Bonchev–Trinajstić information content (AvgIpc) is 3.31. The van der Waals surface area contributed by atoms with Gasteiger partial charge in [-0.15, -0.1) is 5.10 Å². The molecule has 0 radical (unpaired) electrons. The highest BCUT2D eigenvalue weighted by Crippen LogP contribution is 2.33. The highest BCUT2D eigenvalue weighted by molar-refractivity contribution is 5.83. The standard InChI is InChI=1S/C26H37N7O/c1-4-10-31-11-13-32(14-12-31)24(25-28-29-30-33(25)21-8-6-5-7-9-21)22-17-20-16-18(2)15-19(3)23(20)27-26(22)34/h15-17,21,24H,4-14H2,1-3H3,(H,27,34)/t24-/m0/s1. The number of hydrogen-bond donors (Lipinski definition) is 1. The number of fused-ring (bicyclic) bond motifs is 1. The van der Waals surface area contributed by atoms with Crippen molar-refractivity contribution in [1.82, 2.24) is 35.0 Å². The molecule has 0 bridgehead atoms. The van der Waals surface area contributed by atoms with Crippen LogP contribution in [0.2, 0.25) is 0 Å². The van der Waals surface area contributed by atoms with E-state index in [1.165, 1.54) is 24.8 Å².